The quantitative estimate of drug-likeness (QED) is 0.751. The standard InChI is InChI=1S/C12H25NO/c1-4-10(2)9-13(3)11-7-5-6-8-12(11)14/h10-12,14H,4-9H2,1-3H3. The van der Waals surface area contributed by atoms with Gasteiger partial charge in [0.05, 0.1) is 6.10 Å². The van der Waals surface area contributed by atoms with E-state index in [0.29, 0.717) is 6.04 Å². The average molecular weight is 199 g/mol. The highest BCUT2D eigenvalue weighted by Crippen LogP contribution is 2.23. The van der Waals surface area contributed by atoms with Gasteiger partial charge in [-0.05, 0) is 25.8 Å². The molecule has 1 fully saturated rings. The fraction of sp³-hybridized carbons (Fsp3) is 1.00. The van der Waals surface area contributed by atoms with Gasteiger partial charge in [0.2, 0.25) is 0 Å². The van der Waals surface area contributed by atoms with Crippen LogP contribution in [0.2, 0.25) is 0 Å². The maximum absolute atomic E-state index is 9.88. The molecule has 84 valence electrons. The van der Waals surface area contributed by atoms with Crippen LogP contribution in [0.5, 0.6) is 0 Å². The fourth-order valence-corrected chi connectivity index (χ4v) is 2.36. The average Bonchev–Trinajstić information content (AvgIpc) is 2.18. The van der Waals surface area contributed by atoms with Crippen LogP contribution in [0.15, 0.2) is 0 Å². The summed E-state index contributed by atoms with van der Waals surface area (Å²) >= 11 is 0. The molecule has 0 aromatic rings. The van der Waals surface area contributed by atoms with Gasteiger partial charge in [0.1, 0.15) is 0 Å². The van der Waals surface area contributed by atoms with Gasteiger partial charge in [-0.15, -0.1) is 0 Å². The maximum atomic E-state index is 9.88. The number of aliphatic hydroxyl groups excluding tert-OH is 1. The molecule has 1 saturated carbocycles. The number of hydrogen-bond acceptors (Lipinski definition) is 2. The molecular weight excluding hydrogens is 174 g/mol. The molecule has 1 aliphatic rings. The first-order valence-electron chi connectivity index (χ1n) is 6.03. The number of nitrogens with zero attached hydrogens (tertiary/aromatic N) is 1. The highest BCUT2D eigenvalue weighted by molar-refractivity contribution is 4.81. The summed E-state index contributed by atoms with van der Waals surface area (Å²) in [6.45, 7) is 5.64. The van der Waals surface area contributed by atoms with Gasteiger partial charge in [0, 0.05) is 12.6 Å². The predicted molar refractivity (Wildman–Crippen MR) is 60.3 cm³/mol. The predicted octanol–water partition coefficient (Wildman–Crippen LogP) is 2.27. The number of hydrogen-bond donors (Lipinski definition) is 1. The lowest BCUT2D eigenvalue weighted by atomic mass is 9.91. The van der Waals surface area contributed by atoms with E-state index in [-0.39, 0.29) is 6.10 Å². The van der Waals surface area contributed by atoms with E-state index in [1.54, 1.807) is 0 Å². The largest absolute Gasteiger partial charge is 0.391 e. The lowest BCUT2D eigenvalue weighted by Crippen LogP contribution is -2.44. The van der Waals surface area contributed by atoms with E-state index in [1.165, 1.54) is 25.7 Å². The smallest absolute Gasteiger partial charge is 0.0695 e. The number of likely N-dealkylation sites (N-methyl/N-ethyl adjacent to an activating group) is 1. The Labute approximate surface area is 88.3 Å². The summed E-state index contributed by atoms with van der Waals surface area (Å²) in [6.07, 6.45) is 5.80. The first kappa shape index (κ1) is 12.0. The molecule has 0 aliphatic heterocycles. The van der Waals surface area contributed by atoms with Crippen LogP contribution in [0.1, 0.15) is 46.0 Å². The van der Waals surface area contributed by atoms with Crippen molar-refractivity contribution in [2.75, 3.05) is 13.6 Å². The van der Waals surface area contributed by atoms with Gasteiger partial charge in [0.25, 0.3) is 0 Å². The van der Waals surface area contributed by atoms with E-state index in [4.69, 9.17) is 0 Å². The molecule has 0 amide bonds. The Morgan fingerprint density at radius 3 is 2.57 bits per heavy atom. The van der Waals surface area contributed by atoms with Crippen molar-refractivity contribution < 1.29 is 5.11 Å². The summed E-state index contributed by atoms with van der Waals surface area (Å²) in [6, 6.07) is 0.415. The van der Waals surface area contributed by atoms with Crippen molar-refractivity contribution in [3.63, 3.8) is 0 Å². The van der Waals surface area contributed by atoms with E-state index < -0.39 is 0 Å². The van der Waals surface area contributed by atoms with Crippen molar-refractivity contribution in [1.29, 1.82) is 0 Å². The highest BCUT2D eigenvalue weighted by atomic mass is 16.3. The lowest BCUT2D eigenvalue weighted by Gasteiger charge is -2.36. The van der Waals surface area contributed by atoms with Crippen LogP contribution in [-0.4, -0.2) is 35.7 Å². The Hall–Kier alpha value is -0.0800. The normalized spacial score (nSPS) is 30.6. The molecular formula is C12H25NO. The van der Waals surface area contributed by atoms with Crippen LogP contribution in [0.25, 0.3) is 0 Å². The Morgan fingerprint density at radius 1 is 1.36 bits per heavy atom. The third-order valence-electron chi connectivity index (χ3n) is 3.56. The van der Waals surface area contributed by atoms with Crippen molar-refractivity contribution in [3.8, 4) is 0 Å². The fourth-order valence-electron chi connectivity index (χ4n) is 2.36. The zero-order chi connectivity index (χ0) is 10.6. The van der Waals surface area contributed by atoms with Gasteiger partial charge in [-0.2, -0.15) is 0 Å². The van der Waals surface area contributed by atoms with Crippen molar-refractivity contribution in [2.24, 2.45) is 5.92 Å². The molecule has 0 spiro atoms. The zero-order valence-corrected chi connectivity index (χ0v) is 9.87. The molecule has 0 heterocycles. The molecule has 2 heteroatoms. The summed E-state index contributed by atoms with van der Waals surface area (Å²) in [5.74, 6) is 0.745. The number of aliphatic hydroxyl groups is 1. The second kappa shape index (κ2) is 5.72. The molecule has 0 bridgehead atoms. The maximum Gasteiger partial charge on any atom is 0.0695 e. The van der Waals surface area contributed by atoms with Gasteiger partial charge in [-0.25, -0.2) is 0 Å². The van der Waals surface area contributed by atoms with Crippen LogP contribution in [-0.2, 0) is 0 Å². The van der Waals surface area contributed by atoms with E-state index in [2.05, 4.69) is 25.8 Å². The van der Waals surface area contributed by atoms with E-state index in [1.807, 2.05) is 0 Å². The van der Waals surface area contributed by atoms with E-state index in [9.17, 15) is 5.11 Å². The Balaban J connectivity index is 2.37. The molecule has 0 aromatic carbocycles. The van der Waals surface area contributed by atoms with Crippen molar-refractivity contribution in [2.45, 2.75) is 58.1 Å². The minimum atomic E-state index is -0.0854. The highest BCUT2D eigenvalue weighted by Gasteiger charge is 2.26. The van der Waals surface area contributed by atoms with Crippen LogP contribution >= 0.6 is 0 Å². The van der Waals surface area contributed by atoms with Gasteiger partial charge in [-0.1, -0.05) is 33.1 Å². The molecule has 3 unspecified atom stereocenters. The molecule has 0 aromatic heterocycles. The second-order valence-corrected chi connectivity index (χ2v) is 4.87. The summed E-state index contributed by atoms with van der Waals surface area (Å²) in [7, 11) is 2.16. The molecule has 1 rings (SSSR count). The Kier molecular flexibility index (Phi) is 4.90. The van der Waals surface area contributed by atoms with Crippen LogP contribution in [0.3, 0.4) is 0 Å². The summed E-state index contributed by atoms with van der Waals surface area (Å²) in [5.41, 5.74) is 0. The van der Waals surface area contributed by atoms with Crippen molar-refractivity contribution >= 4 is 0 Å². The molecule has 1 N–H and O–H groups in total. The van der Waals surface area contributed by atoms with Crippen molar-refractivity contribution in [3.05, 3.63) is 0 Å². The molecule has 14 heavy (non-hydrogen) atoms. The van der Waals surface area contributed by atoms with Crippen LogP contribution in [0.4, 0.5) is 0 Å². The van der Waals surface area contributed by atoms with Gasteiger partial charge in [-0.3, -0.25) is 0 Å². The summed E-state index contributed by atoms with van der Waals surface area (Å²) in [4.78, 5) is 2.36. The van der Waals surface area contributed by atoms with Crippen LogP contribution in [0, 0.1) is 5.92 Å². The molecule has 3 atom stereocenters. The van der Waals surface area contributed by atoms with Crippen molar-refractivity contribution in [1.82, 2.24) is 4.90 Å². The molecule has 0 saturated heterocycles. The zero-order valence-electron chi connectivity index (χ0n) is 9.87. The first-order valence-corrected chi connectivity index (χ1v) is 6.03. The Bertz CT molecular complexity index is 160. The third-order valence-corrected chi connectivity index (χ3v) is 3.56. The minimum absolute atomic E-state index is 0.0854. The lowest BCUT2D eigenvalue weighted by molar-refractivity contribution is 0.0265. The summed E-state index contributed by atoms with van der Waals surface area (Å²) in [5, 5.41) is 9.88. The second-order valence-electron chi connectivity index (χ2n) is 4.87. The monoisotopic (exact) mass is 199 g/mol. The van der Waals surface area contributed by atoms with E-state index >= 15 is 0 Å². The first-order chi connectivity index (χ1) is 6.65. The molecule has 0 radical (unpaired) electrons. The number of rotatable bonds is 4. The van der Waals surface area contributed by atoms with Gasteiger partial charge < -0.3 is 10.0 Å². The molecule has 2 nitrogen and oxygen atoms in total. The van der Waals surface area contributed by atoms with Crippen LogP contribution < -0.4 is 0 Å². The molecule has 1 aliphatic carbocycles. The van der Waals surface area contributed by atoms with E-state index in [0.717, 1.165) is 18.9 Å². The van der Waals surface area contributed by atoms with Gasteiger partial charge in [0.15, 0.2) is 0 Å². The van der Waals surface area contributed by atoms with Gasteiger partial charge >= 0.3 is 0 Å². The minimum Gasteiger partial charge on any atom is -0.391 e. The SMILES string of the molecule is CCC(C)CN(C)C1CCCCC1O. The topological polar surface area (TPSA) is 23.5 Å². The summed E-state index contributed by atoms with van der Waals surface area (Å²) < 4.78 is 0. The Morgan fingerprint density at radius 2 is 2.00 bits per heavy atom. The third kappa shape index (κ3) is 3.25.